The molecule has 0 spiro atoms. The van der Waals surface area contributed by atoms with E-state index in [4.69, 9.17) is 5.73 Å². The van der Waals surface area contributed by atoms with Gasteiger partial charge in [-0.25, -0.2) is 0 Å². The number of hydrogen-bond acceptors (Lipinski definition) is 2. The van der Waals surface area contributed by atoms with Crippen molar-refractivity contribution in [3.8, 4) is 0 Å². The molecule has 0 aromatic heterocycles. The SMILES string of the molecule is Cc1cc(C)cc(C(CN)N2CC3CCCC3C2)c1. The van der Waals surface area contributed by atoms with Crippen molar-refractivity contribution >= 4 is 0 Å². The van der Waals surface area contributed by atoms with E-state index in [2.05, 4.69) is 36.9 Å². The van der Waals surface area contributed by atoms with Gasteiger partial charge in [-0.15, -0.1) is 0 Å². The van der Waals surface area contributed by atoms with E-state index < -0.39 is 0 Å². The summed E-state index contributed by atoms with van der Waals surface area (Å²) in [6.45, 7) is 7.63. The van der Waals surface area contributed by atoms with E-state index in [-0.39, 0.29) is 0 Å². The molecular formula is C17H26N2. The predicted molar refractivity (Wildman–Crippen MR) is 80.1 cm³/mol. The number of benzene rings is 1. The normalized spacial score (nSPS) is 28.6. The lowest BCUT2D eigenvalue weighted by molar-refractivity contribution is 0.231. The Hall–Kier alpha value is -0.860. The van der Waals surface area contributed by atoms with Gasteiger partial charge in [0.1, 0.15) is 0 Å². The summed E-state index contributed by atoms with van der Waals surface area (Å²) >= 11 is 0. The lowest BCUT2D eigenvalue weighted by atomic mass is 10.00. The summed E-state index contributed by atoms with van der Waals surface area (Å²) in [7, 11) is 0. The molecule has 1 aromatic carbocycles. The van der Waals surface area contributed by atoms with Crippen molar-refractivity contribution in [2.75, 3.05) is 19.6 Å². The van der Waals surface area contributed by atoms with E-state index in [0.29, 0.717) is 6.04 Å². The van der Waals surface area contributed by atoms with Gasteiger partial charge in [-0.05, 0) is 44.1 Å². The number of nitrogens with zero attached hydrogens (tertiary/aromatic N) is 1. The number of likely N-dealkylation sites (tertiary alicyclic amines) is 1. The van der Waals surface area contributed by atoms with Crippen LogP contribution in [0.2, 0.25) is 0 Å². The molecule has 3 unspecified atom stereocenters. The molecule has 19 heavy (non-hydrogen) atoms. The van der Waals surface area contributed by atoms with Crippen molar-refractivity contribution < 1.29 is 0 Å². The van der Waals surface area contributed by atoms with Crippen molar-refractivity contribution in [3.63, 3.8) is 0 Å². The van der Waals surface area contributed by atoms with Crippen LogP contribution in [0, 0.1) is 25.7 Å². The van der Waals surface area contributed by atoms with Gasteiger partial charge in [0.15, 0.2) is 0 Å². The standard InChI is InChI=1S/C17H26N2/c1-12-6-13(2)8-16(7-12)17(9-18)19-10-14-4-3-5-15(14)11-19/h6-8,14-15,17H,3-5,9-11,18H2,1-2H3. The highest BCUT2D eigenvalue weighted by atomic mass is 15.2. The second-order valence-electron chi connectivity index (χ2n) is 6.58. The van der Waals surface area contributed by atoms with E-state index in [1.807, 2.05) is 0 Å². The molecule has 2 nitrogen and oxygen atoms in total. The maximum Gasteiger partial charge on any atom is 0.0470 e. The molecule has 0 bridgehead atoms. The summed E-state index contributed by atoms with van der Waals surface area (Å²) in [4.78, 5) is 2.64. The first-order valence-corrected chi connectivity index (χ1v) is 7.69. The fourth-order valence-corrected chi connectivity index (χ4v) is 4.22. The molecule has 104 valence electrons. The molecule has 2 heteroatoms. The number of rotatable bonds is 3. The van der Waals surface area contributed by atoms with Crippen LogP contribution < -0.4 is 5.73 Å². The van der Waals surface area contributed by atoms with Gasteiger partial charge in [0.05, 0.1) is 0 Å². The minimum Gasteiger partial charge on any atom is -0.329 e. The highest BCUT2D eigenvalue weighted by Crippen LogP contribution is 2.40. The molecule has 0 amide bonds. The highest BCUT2D eigenvalue weighted by Gasteiger charge is 2.38. The average molecular weight is 258 g/mol. The average Bonchev–Trinajstić information content (AvgIpc) is 2.89. The number of hydrogen-bond donors (Lipinski definition) is 1. The second-order valence-corrected chi connectivity index (χ2v) is 6.58. The minimum atomic E-state index is 0.421. The zero-order valence-corrected chi connectivity index (χ0v) is 12.2. The molecule has 2 fully saturated rings. The summed E-state index contributed by atoms with van der Waals surface area (Å²) < 4.78 is 0. The molecule has 2 aliphatic rings. The lowest BCUT2D eigenvalue weighted by Gasteiger charge is -2.28. The third kappa shape index (κ3) is 2.56. The van der Waals surface area contributed by atoms with Crippen LogP contribution in [0.15, 0.2) is 18.2 Å². The Bertz CT molecular complexity index is 422. The van der Waals surface area contributed by atoms with Crippen LogP contribution in [-0.4, -0.2) is 24.5 Å². The Kier molecular flexibility index (Phi) is 3.64. The van der Waals surface area contributed by atoms with Crippen molar-refractivity contribution in [2.45, 2.75) is 39.2 Å². The van der Waals surface area contributed by atoms with Gasteiger partial charge in [-0.1, -0.05) is 35.7 Å². The van der Waals surface area contributed by atoms with Crippen LogP contribution in [0.1, 0.15) is 42.0 Å². The second kappa shape index (κ2) is 5.26. The fraction of sp³-hybridized carbons (Fsp3) is 0.647. The van der Waals surface area contributed by atoms with Gasteiger partial charge in [0.2, 0.25) is 0 Å². The van der Waals surface area contributed by atoms with Crippen LogP contribution in [-0.2, 0) is 0 Å². The molecule has 3 rings (SSSR count). The largest absolute Gasteiger partial charge is 0.329 e. The number of aryl methyl sites for hydroxylation is 2. The van der Waals surface area contributed by atoms with E-state index in [9.17, 15) is 0 Å². The summed E-state index contributed by atoms with van der Waals surface area (Å²) in [5.41, 5.74) is 10.2. The number of nitrogens with two attached hydrogens (primary N) is 1. The van der Waals surface area contributed by atoms with E-state index in [0.717, 1.165) is 18.4 Å². The van der Waals surface area contributed by atoms with Crippen LogP contribution in [0.3, 0.4) is 0 Å². The molecule has 1 aliphatic carbocycles. The summed E-state index contributed by atoms with van der Waals surface area (Å²) in [6.07, 6.45) is 4.32. The lowest BCUT2D eigenvalue weighted by Crippen LogP contribution is -2.32. The van der Waals surface area contributed by atoms with Crippen LogP contribution in [0.5, 0.6) is 0 Å². The Morgan fingerprint density at radius 3 is 2.21 bits per heavy atom. The van der Waals surface area contributed by atoms with E-state index in [1.54, 1.807) is 0 Å². The van der Waals surface area contributed by atoms with Crippen molar-refractivity contribution in [3.05, 3.63) is 34.9 Å². The monoisotopic (exact) mass is 258 g/mol. The van der Waals surface area contributed by atoms with Crippen molar-refractivity contribution in [1.29, 1.82) is 0 Å². The molecule has 1 aromatic rings. The van der Waals surface area contributed by atoms with Gasteiger partial charge < -0.3 is 5.73 Å². The van der Waals surface area contributed by atoms with Crippen LogP contribution in [0.25, 0.3) is 0 Å². The fourth-order valence-electron chi connectivity index (χ4n) is 4.22. The molecular weight excluding hydrogens is 232 g/mol. The maximum absolute atomic E-state index is 6.09. The zero-order valence-electron chi connectivity index (χ0n) is 12.2. The third-order valence-electron chi connectivity index (χ3n) is 5.05. The Balaban J connectivity index is 1.80. The van der Waals surface area contributed by atoms with Crippen LogP contribution >= 0.6 is 0 Å². The first-order valence-electron chi connectivity index (χ1n) is 7.69. The Morgan fingerprint density at radius 1 is 1.11 bits per heavy atom. The molecule has 1 aliphatic heterocycles. The summed E-state index contributed by atoms with van der Waals surface area (Å²) in [6, 6.07) is 7.30. The van der Waals surface area contributed by atoms with E-state index >= 15 is 0 Å². The highest BCUT2D eigenvalue weighted by molar-refractivity contribution is 5.31. The summed E-state index contributed by atoms with van der Waals surface area (Å²) in [5.74, 6) is 1.89. The van der Waals surface area contributed by atoms with Gasteiger partial charge >= 0.3 is 0 Å². The maximum atomic E-state index is 6.09. The Labute approximate surface area is 117 Å². The molecule has 2 N–H and O–H groups in total. The summed E-state index contributed by atoms with van der Waals surface area (Å²) in [5, 5.41) is 0. The van der Waals surface area contributed by atoms with Gasteiger partial charge in [-0.3, -0.25) is 4.90 Å². The first-order chi connectivity index (χ1) is 9.17. The van der Waals surface area contributed by atoms with Crippen LogP contribution in [0.4, 0.5) is 0 Å². The molecule has 1 heterocycles. The molecule has 0 radical (unpaired) electrons. The Morgan fingerprint density at radius 2 is 1.68 bits per heavy atom. The zero-order chi connectivity index (χ0) is 13.4. The van der Waals surface area contributed by atoms with Gasteiger partial charge in [0, 0.05) is 25.7 Å². The number of fused-ring (bicyclic) bond motifs is 1. The van der Waals surface area contributed by atoms with Gasteiger partial charge in [-0.2, -0.15) is 0 Å². The quantitative estimate of drug-likeness (QED) is 0.903. The van der Waals surface area contributed by atoms with Crippen molar-refractivity contribution in [1.82, 2.24) is 4.90 Å². The molecule has 1 saturated carbocycles. The van der Waals surface area contributed by atoms with Gasteiger partial charge in [0.25, 0.3) is 0 Å². The third-order valence-corrected chi connectivity index (χ3v) is 5.05. The topological polar surface area (TPSA) is 29.3 Å². The van der Waals surface area contributed by atoms with Crippen molar-refractivity contribution in [2.24, 2.45) is 17.6 Å². The minimum absolute atomic E-state index is 0.421. The van der Waals surface area contributed by atoms with E-state index in [1.165, 1.54) is 49.0 Å². The predicted octanol–water partition coefficient (Wildman–Crippen LogP) is 3.04. The molecule has 3 atom stereocenters. The smallest absolute Gasteiger partial charge is 0.0470 e. The first kappa shape index (κ1) is 13.1. The molecule has 1 saturated heterocycles.